The Hall–Kier alpha value is -2.77. The van der Waals surface area contributed by atoms with Gasteiger partial charge in [-0.25, -0.2) is 9.18 Å². The fourth-order valence-corrected chi connectivity index (χ4v) is 3.77. The van der Waals surface area contributed by atoms with E-state index in [4.69, 9.17) is 9.47 Å². The van der Waals surface area contributed by atoms with Gasteiger partial charge in [0.15, 0.2) is 6.61 Å². The number of halogens is 1. The predicted molar refractivity (Wildman–Crippen MR) is 101 cm³/mol. The number of nitrogens with one attached hydrogen (secondary N) is 1. The van der Waals surface area contributed by atoms with Crippen LogP contribution in [0, 0.1) is 5.82 Å². The fraction of sp³-hybridized carbons (Fsp3) is 0.200. The summed E-state index contributed by atoms with van der Waals surface area (Å²) in [5.41, 5.74) is 1.38. The summed E-state index contributed by atoms with van der Waals surface area (Å²) in [7, 11) is 1.47. The minimum absolute atomic E-state index is 0.0750. The molecule has 2 aromatic carbocycles. The van der Waals surface area contributed by atoms with E-state index in [2.05, 4.69) is 5.32 Å². The van der Waals surface area contributed by atoms with Gasteiger partial charge in [0, 0.05) is 29.3 Å². The normalized spacial score (nSPS) is 10.7. The van der Waals surface area contributed by atoms with Crippen LogP contribution in [0.15, 0.2) is 48.5 Å². The van der Waals surface area contributed by atoms with E-state index < -0.39 is 24.3 Å². The molecule has 0 saturated carbocycles. The third kappa shape index (κ3) is 4.50. The number of ether oxygens (including phenoxy) is 2. The van der Waals surface area contributed by atoms with Crippen LogP contribution >= 0.6 is 11.3 Å². The number of thiophene rings is 1. The first-order chi connectivity index (χ1) is 13.1. The number of rotatable bonds is 7. The van der Waals surface area contributed by atoms with E-state index in [9.17, 15) is 14.0 Å². The van der Waals surface area contributed by atoms with Gasteiger partial charge < -0.3 is 14.8 Å². The Morgan fingerprint density at radius 3 is 2.63 bits per heavy atom. The van der Waals surface area contributed by atoms with Crippen molar-refractivity contribution in [2.24, 2.45) is 0 Å². The van der Waals surface area contributed by atoms with Gasteiger partial charge in [-0.2, -0.15) is 0 Å². The van der Waals surface area contributed by atoms with Crippen LogP contribution in [0.25, 0.3) is 10.1 Å². The van der Waals surface area contributed by atoms with Gasteiger partial charge in [-0.15, -0.1) is 11.3 Å². The SMILES string of the molecule is COCc1c(C(=O)OCC(=O)NCc2ccccc2)sc2cccc(F)c12. The van der Waals surface area contributed by atoms with Crippen molar-refractivity contribution in [2.45, 2.75) is 13.2 Å². The molecule has 0 spiro atoms. The number of methoxy groups -OCH3 is 1. The highest BCUT2D eigenvalue weighted by molar-refractivity contribution is 7.21. The summed E-state index contributed by atoms with van der Waals surface area (Å²) >= 11 is 1.12. The molecule has 0 aliphatic carbocycles. The molecule has 0 aliphatic rings. The van der Waals surface area contributed by atoms with Crippen LogP contribution in [0.4, 0.5) is 4.39 Å². The molecule has 3 rings (SSSR count). The number of benzene rings is 2. The largest absolute Gasteiger partial charge is 0.451 e. The van der Waals surface area contributed by atoms with Crippen LogP contribution < -0.4 is 5.32 Å². The maximum Gasteiger partial charge on any atom is 0.349 e. The first kappa shape index (κ1) is 19.0. The third-order valence-corrected chi connectivity index (χ3v) is 5.08. The van der Waals surface area contributed by atoms with Gasteiger partial charge in [0.25, 0.3) is 5.91 Å². The van der Waals surface area contributed by atoms with Crippen LogP contribution in [-0.2, 0) is 27.4 Å². The Bertz CT molecular complexity index is 955. The van der Waals surface area contributed by atoms with Crippen LogP contribution in [0.5, 0.6) is 0 Å². The molecule has 140 valence electrons. The van der Waals surface area contributed by atoms with Crippen LogP contribution in [0.2, 0.25) is 0 Å². The van der Waals surface area contributed by atoms with Crippen molar-refractivity contribution in [3.05, 3.63) is 70.4 Å². The Kier molecular flexibility index (Phi) is 6.16. The summed E-state index contributed by atoms with van der Waals surface area (Å²) in [6.45, 7) is 0.0145. The molecule has 0 atom stereocenters. The molecule has 1 amide bonds. The minimum atomic E-state index is -0.669. The van der Waals surface area contributed by atoms with Gasteiger partial charge in [-0.3, -0.25) is 4.79 Å². The molecule has 0 fully saturated rings. The molecule has 7 heteroatoms. The summed E-state index contributed by atoms with van der Waals surface area (Å²) in [6.07, 6.45) is 0. The summed E-state index contributed by atoms with van der Waals surface area (Å²) in [6, 6.07) is 14.0. The molecule has 3 aromatic rings. The highest BCUT2D eigenvalue weighted by Crippen LogP contribution is 2.34. The summed E-state index contributed by atoms with van der Waals surface area (Å²) in [5.74, 6) is -1.50. The zero-order chi connectivity index (χ0) is 19.2. The molecule has 5 nitrogen and oxygen atoms in total. The number of amides is 1. The van der Waals surface area contributed by atoms with E-state index >= 15 is 0 Å². The van der Waals surface area contributed by atoms with E-state index in [1.54, 1.807) is 12.1 Å². The zero-order valence-electron chi connectivity index (χ0n) is 14.7. The number of hydrogen-bond donors (Lipinski definition) is 1. The van der Waals surface area contributed by atoms with E-state index in [0.29, 0.717) is 22.2 Å². The highest BCUT2D eigenvalue weighted by atomic mass is 32.1. The molecule has 0 bridgehead atoms. The molecular weight excluding hydrogens is 369 g/mol. The number of carbonyl (C=O) groups is 2. The van der Waals surface area contributed by atoms with Gasteiger partial charge in [-0.1, -0.05) is 36.4 Å². The molecule has 1 aromatic heterocycles. The molecule has 0 radical (unpaired) electrons. The number of esters is 1. The minimum Gasteiger partial charge on any atom is -0.451 e. The summed E-state index contributed by atoms with van der Waals surface area (Å²) in [4.78, 5) is 24.6. The van der Waals surface area contributed by atoms with Crippen molar-refractivity contribution in [3.63, 3.8) is 0 Å². The van der Waals surface area contributed by atoms with E-state index in [-0.39, 0.29) is 11.5 Å². The molecule has 0 unspecified atom stereocenters. The maximum absolute atomic E-state index is 14.2. The van der Waals surface area contributed by atoms with Crippen molar-refractivity contribution in [3.8, 4) is 0 Å². The molecule has 0 aliphatic heterocycles. The lowest BCUT2D eigenvalue weighted by Crippen LogP contribution is -2.28. The molecule has 27 heavy (non-hydrogen) atoms. The lowest BCUT2D eigenvalue weighted by atomic mass is 10.1. The second kappa shape index (κ2) is 8.75. The number of fused-ring (bicyclic) bond motifs is 1. The lowest BCUT2D eigenvalue weighted by molar-refractivity contribution is -0.124. The Balaban J connectivity index is 1.66. The Labute approximate surface area is 159 Å². The topological polar surface area (TPSA) is 64.6 Å². The lowest BCUT2D eigenvalue weighted by Gasteiger charge is -2.07. The summed E-state index contributed by atoms with van der Waals surface area (Å²) < 4.78 is 25.0. The average Bonchev–Trinajstić information content (AvgIpc) is 3.05. The van der Waals surface area contributed by atoms with Crippen molar-refractivity contribution < 1.29 is 23.5 Å². The van der Waals surface area contributed by atoms with Crippen molar-refractivity contribution in [1.29, 1.82) is 0 Å². The van der Waals surface area contributed by atoms with Gasteiger partial charge in [-0.05, 0) is 17.7 Å². The Morgan fingerprint density at radius 2 is 1.89 bits per heavy atom. The predicted octanol–water partition coefficient (Wildman–Crippen LogP) is 3.66. The van der Waals surface area contributed by atoms with Crippen molar-refractivity contribution >= 4 is 33.3 Å². The van der Waals surface area contributed by atoms with E-state index in [1.807, 2.05) is 30.3 Å². The second-order valence-electron chi connectivity index (χ2n) is 5.79. The first-order valence-corrected chi connectivity index (χ1v) is 9.08. The molecule has 1 N–H and O–H groups in total. The molecular formula is C20H18FNO4S. The van der Waals surface area contributed by atoms with Crippen LogP contribution in [0.3, 0.4) is 0 Å². The van der Waals surface area contributed by atoms with Crippen LogP contribution in [-0.4, -0.2) is 25.6 Å². The third-order valence-electron chi connectivity index (χ3n) is 3.90. The van der Waals surface area contributed by atoms with E-state index in [1.165, 1.54) is 13.2 Å². The number of hydrogen-bond acceptors (Lipinski definition) is 5. The van der Waals surface area contributed by atoms with Gasteiger partial charge >= 0.3 is 5.97 Å². The van der Waals surface area contributed by atoms with E-state index in [0.717, 1.165) is 16.9 Å². The highest BCUT2D eigenvalue weighted by Gasteiger charge is 2.22. The number of carbonyl (C=O) groups excluding carboxylic acids is 2. The maximum atomic E-state index is 14.2. The molecule has 0 saturated heterocycles. The molecule has 1 heterocycles. The second-order valence-corrected chi connectivity index (χ2v) is 6.85. The smallest absolute Gasteiger partial charge is 0.349 e. The zero-order valence-corrected chi connectivity index (χ0v) is 15.5. The van der Waals surface area contributed by atoms with Crippen LogP contribution in [0.1, 0.15) is 20.8 Å². The van der Waals surface area contributed by atoms with Gasteiger partial charge in [0.1, 0.15) is 10.7 Å². The average molecular weight is 387 g/mol. The monoisotopic (exact) mass is 387 g/mol. The quantitative estimate of drug-likeness (QED) is 0.629. The Morgan fingerprint density at radius 1 is 1.11 bits per heavy atom. The summed E-state index contributed by atoms with van der Waals surface area (Å²) in [5, 5.41) is 3.04. The van der Waals surface area contributed by atoms with Gasteiger partial charge in [0.05, 0.1) is 6.61 Å². The van der Waals surface area contributed by atoms with Gasteiger partial charge in [0.2, 0.25) is 0 Å². The van der Waals surface area contributed by atoms with Crippen molar-refractivity contribution in [1.82, 2.24) is 5.32 Å². The van der Waals surface area contributed by atoms with Crippen molar-refractivity contribution in [2.75, 3.05) is 13.7 Å². The standard InChI is InChI=1S/C20H18FNO4S/c1-25-11-14-18-15(21)8-5-9-16(18)27-19(14)20(24)26-12-17(23)22-10-13-6-3-2-4-7-13/h2-9H,10-12H2,1H3,(H,22,23). The first-order valence-electron chi connectivity index (χ1n) is 8.26. The fourth-order valence-electron chi connectivity index (χ4n) is 2.66.